The van der Waals surface area contributed by atoms with Gasteiger partial charge in [-0.25, -0.2) is 4.79 Å². The molecule has 0 aliphatic carbocycles. The molecule has 3 aromatic rings. The number of likely N-dealkylation sites (tertiary alicyclic amines) is 1. The summed E-state index contributed by atoms with van der Waals surface area (Å²) in [6.45, 7) is 3.53. The Morgan fingerprint density at radius 1 is 1.35 bits per heavy atom. The Balaban J connectivity index is 1.36. The first-order chi connectivity index (χ1) is 12.6. The van der Waals surface area contributed by atoms with E-state index in [1.54, 1.807) is 18.2 Å². The van der Waals surface area contributed by atoms with Crippen molar-refractivity contribution >= 4 is 22.6 Å². The minimum absolute atomic E-state index is 0.0540. The van der Waals surface area contributed by atoms with Crippen LogP contribution in [0.5, 0.6) is 0 Å². The number of amides is 1. The topological polar surface area (TPSA) is 107 Å². The number of aromatic amines is 2. The summed E-state index contributed by atoms with van der Waals surface area (Å²) in [5.41, 5.74) is 2.68. The molecular formula is C18H21N5O3. The van der Waals surface area contributed by atoms with E-state index < -0.39 is 0 Å². The van der Waals surface area contributed by atoms with E-state index in [2.05, 4.69) is 25.3 Å². The predicted molar refractivity (Wildman–Crippen MR) is 97.0 cm³/mol. The predicted octanol–water partition coefficient (Wildman–Crippen LogP) is 2.32. The molecule has 8 nitrogen and oxygen atoms in total. The summed E-state index contributed by atoms with van der Waals surface area (Å²) in [6, 6.07) is 7.47. The van der Waals surface area contributed by atoms with E-state index in [1.165, 1.54) is 0 Å². The van der Waals surface area contributed by atoms with Crippen molar-refractivity contribution in [2.75, 3.05) is 18.4 Å². The van der Waals surface area contributed by atoms with Gasteiger partial charge in [0, 0.05) is 24.7 Å². The normalized spacial score (nSPS) is 17.8. The fourth-order valence-electron chi connectivity index (χ4n) is 3.54. The molecule has 136 valence electrons. The number of rotatable bonds is 5. The van der Waals surface area contributed by atoms with Crippen LogP contribution in [0.4, 0.5) is 5.69 Å². The van der Waals surface area contributed by atoms with Gasteiger partial charge in [-0.05, 0) is 44.5 Å². The number of benzene rings is 1. The minimum Gasteiger partial charge on any atom is -0.359 e. The van der Waals surface area contributed by atoms with Gasteiger partial charge in [0.15, 0.2) is 5.76 Å². The molecule has 8 heteroatoms. The van der Waals surface area contributed by atoms with Crippen LogP contribution < -0.4 is 11.0 Å². The Kier molecular flexibility index (Phi) is 4.34. The molecule has 1 aromatic carbocycles. The van der Waals surface area contributed by atoms with Gasteiger partial charge in [-0.3, -0.25) is 9.69 Å². The van der Waals surface area contributed by atoms with E-state index in [0.717, 1.165) is 36.4 Å². The van der Waals surface area contributed by atoms with Gasteiger partial charge in [-0.2, -0.15) is 0 Å². The van der Waals surface area contributed by atoms with E-state index in [4.69, 9.17) is 4.52 Å². The average Bonchev–Trinajstić information content (AvgIpc) is 3.31. The highest BCUT2D eigenvalue weighted by Crippen LogP contribution is 2.32. The van der Waals surface area contributed by atoms with Crippen molar-refractivity contribution in [2.24, 2.45) is 0 Å². The average molecular weight is 355 g/mol. The molecule has 4 rings (SSSR count). The second-order valence-corrected chi connectivity index (χ2v) is 6.70. The monoisotopic (exact) mass is 355 g/mol. The largest absolute Gasteiger partial charge is 0.359 e. The van der Waals surface area contributed by atoms with Gasteiger partial charge in [0.2, 0.25) is 5.91 Å². The van der Waals surface area contributed by atoms with Crippen molar-refractivity contribution in [1.29, 1.82) is 0 Å². The van der Waals surface area contributed by atoms with Crippen LogP contribution in [0.2, 0.25) is 0 Å². The third kappa shape index (κ3) is 3.41. The van der Waals surface area contributed by atoms with Crippen LogP contribution >= 0.6 is 0 Å². The highest BCUT2D eigenvalue weighted by atomic mass is 16.5. The molecule has 1 fully saturated rings. The Morgan fingerprint density at radius 3 is 3.00 bits per heavy atom. The van der Waals surface area contributed by atoms with Crippen molar-refractivity contribution in [1.82, 2.24) is 20.0 Å². The number of aryl methyl sites for hydroxylation is 1. The van der Waals surface area contributed by atoms with Crippen LogP contribution in [0.3, 0.4) is 0 Å². The first-order valence-electron chi connectivity index (χ1n) is 8.78. The van der Waals surface area contributed by atoms with Crippen molar-refractivity contribution in [2.45, 2.75) is 32.2 Å². The van der Waals surface area contributed by atoms with Crippen molar-refractivity contribution < 1.29 is 9.32 Å². The smallest absolute Gasteiger partial charge is 0.323 e. The van der Waals surface area contributed by atoms with E-state index in [0.29, 0.717) is 24.2 Å². The summed E-state index contributed by atoms with van der Waals surface area (Å²) in [4.78, 5) is 31.2. The number of fused-ring (bicyclic) bond motifs is 1. The van der Waals surface area contributed by atoms with Gasteiger partial charge in [-0.15, -0.1) is 0 Å². The van der Waals surface area contributed by atoms with Gasteiger partial charge in [-0.1, -0.05) is 5.16 Å². The Bertz CT molecular complexity index is 986. The Morgan fingerprint density at radius 2 is 2.19 bits per heavy atom. The highest BCUT2D eigenvalue weighted by Gasteiger charge is 2.29. The molecule has 1 saturated heterocycles. The molecule has 1 aliphatic heterocycles. The molecule has 3 N–H and O–H groups in total. The van der Waals surface area contributed by atoms with Crippen molar-refractivity contribution in [3.63, 3.8) is 0 Å². The maximum Gasteiger partial charge on any atom is 0.323 e. The summed E-state index contributed by atoms with van der Waals surface area (Å²) in [5, 5.41) is 6.85. The second-order valence-electron chi connectivity index (χ2n) is 6.70. The van der Waals surface area contributed by atoms with Crippen LogP contribution in [0.15, 0.2) is 33.6 Å². The summed E-state index contributed by atoms with van der Waals surface area (Å²) in [5.74, 6) is 0.823. The molecule has 26 heavy (non-hydrogen) atoms. The van der Waals surface area contributed by atoms with Crippen LogP contribution in [0.1, 0.15) is 36.8 Å². The molecule has 1 aliphatic rings. The lowest BCUT2D eigenvalue weighted by Gasteiger charge is -2.21. The number of hydrogen-bond donors (Lipinski definition) is 3. The zero-order chi connectivity index (χ0) is 18.1. The van der Waals surface area contributed by atoms with Crippen LogP contribution in [0.25, 0.3) is 11.0 Å². The van der Waals surface area contributed by atoms with Crippen molar-refractivity contribution in [3.05, 3.63) is 46.2 Å². The standard InChI is InChI=1S/C18H21N5O3/c1-11-9-16(26-22-11)15-3-2-7-23(15)8-6-17(24)19-12-4-5-13-14(10-12)21-18(25)20-13/h4-5,9-10,15H,2-3,6-8H2,1H3,(H,19,24)(H2,20,21,25). The highest BCUT2D eigenvalue weighted by molar-refractivity contribution is 5.93. The third-order valence-corrected chi connectivity index (χ3v) is 4.76. The molecule has 0 radical (unpaired) electrons. The van der Waals surface area contributed by atoms with E-state index in [-0.39, 0.29) is 17.6 Å². The molecule has 1 atom stereocenters. The fraction of sp³-hybridized carbons (Fsp3) is 0.389. The zero-order valence-corrected chi connectivity index (χ0v) is 14.5. The zero-order valence-electron chi connectivity index (χ0n) is 14.5. The maximum absolute atomic E-state index is 12.3. The van der Waals surface area contributed by atoms with E-state index >= 15 is 0 Å². The molecule has 0 saturated carbocycles. The molecular weight excluding hydrogens is 334 g/mol. The summed E-state index contributed by atoms with van der Waals surface area (Å²) < 4.78 is 5.40. The molecule has 0 spiro atoms. The first kappa shape index (κ1) is 16.6. The Hall–Kier alpha value is -2.87. The first-order valence-corrected chi connectivity index (χ1v) is 8.78. The van der Waals surface area contributed by atoms with Crippen LogP contribution in [0, 0.1) is 6.92 Å². The number of H-pyrrole nitrogens is 2. The van der Waals surface area contributed by atoms with E-state index in [9.17, 15) is 9.59 Å². The minimum atomic E-state index is -0.258. The second kappa shape index (κ2) is 6.80. The summed E-state index contributed by atoms with van der Waals surface area (Å²) in [7, 11) is 0. The van der Waals surface area contributed by atoms with Gasteiger partial charge >= 0.3 is 5.69 Å². The number of hydrogen-bond acceptors (Lipinski definition) is 5. The lowest BCUT2D eigenvalue weighted by molar-refractivity contribution is -0.116. The van der Waals surface area contributed by atoms with Crippen LogP contribution in [-0.4, -0.2) is 39.0 Å². The van der Waals surface area contributed by atoms with Crippen molar-refractivity contribution in [3.8, 4) is 0 Å². The molecule has 3 heterocycles. The summed E-state index contributed by atoms with van der Waals surface area (Å²) in [6.07, 6.45) is 2.50. The fourth-order valence-corrected chi connectivity index (χ4v) is 3.54. The quantitative estimate of drug-likeness (QED) is 0.651. The number of imidazole rings is 1. The van der Waals surface area contributed by atoms with Crippen LogP contribution in [-0.2, 0) is 4.79 Å². The molecule has 2 aromatic heterocycles. The van der Waals surface area contributed by atoms with Gasteiger partial charge in [0.05, 0.1) is 22.8 Å². The van der Waals surface area contributed by atoms with Gasteiger partial charge in [0.1, 0.15) is 0 Å². The lowest BCUT2D eigenvalue weighted by atomic mass is 10.1. The third-order valence-electron chi connectivity index (χ3n) is 4.76. The number of nitrogens with one attached hydrogen (secondary N) is 3. The van der Waals surface area contributed by atoms with Gasteiger partial charge < -0.3 is 19.8 Å². The SMILES string of the molecule is Cc1cc(C2CCCN2CCC(=O)Nc2ccc3[nH]c(=O)[nH]c3c2)on1. The number of anilines is 1. The number of carbonyl (C=O) groups is 1. The number of aromatic nitrogens is 3. The molecule has 0 bridgehead atoms. The van der Waals surface area contributed by atoms with Gasteiger partial charge in [0.25, 0.3) is 0 Å². The number of nitrogens with zero attached hydrogens (tertiary/aromatic N) is 2. The molecule has 1 unspecified atom stereocenters. The maximum atomic E-state index is 12.3. The van der Waals surface area contributed by atoms with E-state index in [1.807, 2.05) is 13.0 Å². The lowest BCUT2D eigenvalue weighted by Crippen LogP contribution is -2.27. The summed E-state index contributed by atoms with van der Waals surface area (Å²) >= 11 is 0. The number of carbonyl (C=O) groups excluding carboxylic acids is 1. The molecule has 1 amide bonds. The Labute approximate surface area is 149 Å².